The summed E-state index contributed by atoms with van der Waals surface area (Å²) in [5, 5.41) is 10.2. The first-order chi connectivity index (χ1) is 9.71. The molecule has 0 saturated heterocycles. The summed E-state index contributed by atoms with van der Waals surface area (Å²) in [5.41, 5.74) is -0.356. The maximum Gasteiger partial charge on any atom is 0.412 e. The Morgan fingerprint density at radius 2 is 2.24 bits per heavy atom. The van der Waals surface area contributed by atoms with E-state index in [9.17, 15) is 10.1 Å². The molecule has 0 spiro atoms. The third-order valence-electron chi connectivity index (χ3n) is 3.23. The first-order valence-corrected chi connectivity index (χ1v) is 7.76. The van der Waals surface area contributed by atoms with Crippen LogP contribution in [0.25, 0.3) is 0 Å². The number of rotatable bonds is 1. The Balaban J connectivity index is 2.39. The van der Waals surface area contributed by atoms with E-state index >= 15 is 0 Å². The van der Waals surface area contributed by atoms with Crippen molar-refractivity contribution in [1.29, 1.82) is 5.26 Å². The number of carbonyl (C=O) groups is 1. The lowest BCUT2D eigenvalue weighted by molar-refractivity contribution is 0.0106. The van der Waals surface area contributed by atoms with E-state index in [1.165, 1.54) is 16.7 Å². The van der Waals surface area contributed by atoms with E-state index in [0.717, 1.165) is 0 Å². The summed E-state index contributed by atoms with van der Waals surface area (Å²) >= 11 is 1.42. The molecule has 0 N–H and O–H groups in total. The molecule has 7 heteroatoms. The number of thioether (sulfide) groups is 1. The summed E-state index contributed by atoms with van der Waals surface area (Å²) in [5.74, 6) is 0. The second kappa shape index (κ2) is 5.19. The molecule has 1 unspecified atom stereocenters. The topological polar surface area (TPSA) is 79.1 Å². The van der Waals surface area contributed by atoms with Gasteiger partial charge in [-0.15, -0.1) is 0 Å². The second-order valence-electron chi connectivity index (χ2n) is 5.97. The molecule has 0 saturated carbocycles. The molecule has 0 aromatic carbocycles. The van der Waals surface area contributed by atoms with Gasteiger partial charge in [-0.2, -0.15) is 5.26 Å². The van der Waals surface area contributed by atoms with Gasteiger partial charge in [0.2, 0.25) is 0 Å². The Labute approximate surface area is 128 Å². The average molecular weight is 306 g/mol. The Morgan fingerprint density at radius 1 is 1.57 bits per heavy atom. The van der Waals surface area contributed by atoms with Crippen LogP contribution < -0.4 is 0 Å². The van der Waals surface area contributed by atoms with Crippen LogP contribution in [-0.2, 0) is 16.8 Å². The minimum absolute atomic E-state index is 0.254. The summed E-state index contributed by atoms with van der Waals surface area (Å²) in [6, 6.07) is 2.19. The minimum atomic E-state index is -1.10. The Hall–Kier alpha value is -1.81. The highest BCUT2D eigenvalue weighted by molar-refractivity contribution is 7.98. The number of nitrogens with zero attached hydrogens (tertiary/aromatic N) is 4. The first-order valence-electron chi connectivity index (χ1n) is 6.53. The number of nitriles is 1. The van der Waals surface area contributed by atoms with Crippen LogP contribution in [0.5, 0.6) is 0 Å². The maximum atomic E-state index is 12.4. The van der Waals surface area contributed by atoms with Gasteiger partial charge in [-0.1, -0.05) is 11.8 Å². The van der Waals surface area contributed by atoms with Crippen LogP contribution in [-0.4, -0.2) is 32.8 Å². The molecule has 2 rings (SSSR count). The van der Waals surface area contributed by atoms with Crippen molar-refractivity contribution in [3.05, 3.63) is 17.5 Å². The molecule has 1 amide bonds. The highest BCUT2D eigenvalue weighted by Gasteiger charge is 2.47. The van der Waals surface area contributed by atoms with Crippen molar-refractivity contribution in [2.75, 3.05) is 6.26 Å². The van der Waals surface area contributed by atoms with Crippen LogP contribution >= 0.6 is 11.8 Å². The SMILES string of the molecule is CSc1ncc2c(n1)CN(C(=O)OC(C)(C)C)C2(C)C#N. The van der Waals surface area contributed by atoms with Crippen molar-refractivity contribution in [2.45, 2.75) is 50.5 Å². The number of aromatic nitrogens is 2. The van der Waals surface area contributed by atoms with Gasteiger partial charge in [0.05, 0.1) is 18.3 Å². The number of hydrogen-bond donors (Lipinski definition) is 0. The lowest BCUT2D eigenvalue weighted by atomic mass is 9.97. The average Bonchev–Trinajstić information content (AvgIpc) is 2.70. The number of ether oxygens (including phenoxy) is 1. The lowest BCUT2D eigenvalue weighted by Gasteiger charge is -2.31. The van der Waals surface area contributed by atoms with Crippen molar-refractivity contribution in [1.82, 2.24) is 14.9 Å². The van der Waals surface area contributed by atoms with Crippen LogP contribution in [0.15, 0.2) is 11.4 Å². The van der Waals surface area contributed by atoms with Crippen LogP contribution in [0, 0.1) is 11.3 Å². The first kappa shape index (κ1) is 15.6. The normalized spacial score (nSPS) is 20.9. The fourth-order valence-electron chi connectivity index (χ4n) is 2.16. The third-order valence-corrected chi connectivity index (χ3v) is 3.79. The smallest absolute Gasteiger partial charge is 0.412 e. The Kier molecular flexibility index (Phi) is 3.85. The summed E-state index contributed by atoms with van der Waals surface area (Å²) in [6.45, 7) is 7.33. The van der Waals surface area contributed by atoms with Crippen molar-refractivity contribution >= 4 is 17.9 Å². The van der Waals surface area contributed by atoms with E-state index in [2.05, 4.69) is 16.0 Å². The molecule has 1 aromatic rings. The fourth-order valence-corrected chi connectivity index (χ4v) is 2.52. The molecule has 0 fully saturated rings. The van der Waals surface area contributed by atoms with Gasteiger partial charge in [-0.05, 0) is 34.0 Å². The van der Waals surface area contributed by atoms with E-state index in [4.69, 9.17) is 4.74 Å². The van der Waals surface area contributed by atoms with E-state index in [0.29, 0.717) is 16.4 Å². The summed E-state index contributed by atoms with van der Waals surface area (Å²) in [4.78, 5) is 22.4. The summed E-state index contributed by atoms with van der Waals surface area (Å²) in [6.07, 6.45) is 2.99. The van der Waals surface area contributed by atoms with Crippen molar-refractivity contribution in [3.63, 3.8) is 0 Å². The van der Waals surface area contributed by atoms with Crippen molar-refractivity contribution < 1.29 is 9.53 Å². The molecule has 1 aliphatic rings. The Morgan fingerprint density at radius 3 is 2.76 bits per heavy atom. The van der Waals surface area contributed by atoms with Crippen LogP contribution in [0.2, 0.25) is 0 Å². The Bertz CT molecular complexity index is 620. The number of fused-ring (bicyclic) bond motifs is 1. The van der Waals surface area contributed by atoms with E-state index in [1.807, 2.05) is 6.26 Å². The predicted molar refractivity (Wildman–Crippen MR) is 78.6 cm³/mol. The van der Waals surface area contributed by atoms with Gasteiger partial charge in [-0.3, -0.25) is 4.90 Å². The molecular formula is C14H18N4O2S. The summed E-state index contributed by atoms with van der Waals surface area (Å²) < 4.78 is 5.39. The van der Waals surface area contributed by atoms with Crippen LogP contribution in [0.4, 0.5) is 4.79 Å². The molecule has 1 aliphatic heterocycles. The lowest BCUT2D eigenvalue weighted by Crippen LogP contribution is -2.44. The number of amides is 1. The van der Waals surface area contributed by atoms with Gasteiger partial charge in [0, 0.05) is 11.8 Å². The summed E-state index contributed by atoms with van der Waals surface area (Å²) in [7, 11) is 0. The van der Waals surface area contributed by atoms with Gasteiger partial charge in [0.15, 0.2) is 10.7 Å². The quantitative estimate of drug-likeness (QED) is 0.586. The van der Waals surface area contributed by atoms with Crippen molar-refractivity contribution in [3.8, 4) is 6.07 Å². The van der Waals surface area contributed by atoms with Crippen molar-refractivity contribution in [2.24, 2.45) is 0 Å². The standard InChI is InChI=1S/C14H18N4O2S/c1-13(2,3)20-12(19)18-7-10-9(14(18,4)8-15)6-16-11(17-10)21-5/h6H,7H2,1-5H3. The van der Waals surface area contributed by atoms with Gasteiger partial charge >= 0.3 is 6.09 Å². The minimum Gasteiger partial charge on any atom is -0.444 e. The zero-order valence-electron chi connectivity index (χ0n) is 12.8. The fraction of sp³-hybridized carbons (Fsp3) is 0.571. The maximum absolute atomic E-state index is 12.4. The number of hydrogen-bond acceptors (Lipinski definition) is 6. The molecule has 0 bridgehead atoms. The molecule has 2 heterocycles. The molecule has 1 atom stereocenters. The third kappa shape index (κ3) is 2.81. The monoisotopic (exact) mass is 306 g/mol. The van der Waals surface area contributed by atoms with Gasteiger partial charge in [0.1, 0.15) is 5.60 Å². The largest absolute Gasteiger partial charge is 0.444 e. The molecule has 0 radical (unpaired) electrons. The number of carbonyl (C=O) groups excluding carboxylic acids is 1. The van der Waals surface area contributed by atoms with Gasteiger partial charge in [0.25, 0.3) is 0 Å². The van der Waals surface area contributed by atoms with E-state index in [-0.39, 0.29) is 6.54 Å². The van der Waals surface area contributed by atoms with Crippen LogP contribution in [0.1, 0.15) is 39.0 Å². The molecule has 1 aromatic heterocycles. The molecule has 6 nitrogen and oxygen atoms in total. The molecule has 21 heavy (non-hydrogen) atoms. The second-order valence-corrected chi connectivity index (χ2v) is 6.74. The van der Waals surface area contributed by atoms with Crippen LogP contribution in [0.3, 0.4) is 0 Å². The van der Waals surface area contributed by atoms with Gasteiger partial charge in [-0.25, -0.2) is 14.8 Å². The van der Waals surface area contributed by atoms with E-state index in [1.54, 1.807) is 33.9 Å². The highest BCUT2D eigenvalue weighted by atomic mass is 32.2. The molecule has 0 aliphatic carbocycles. The molecular weight excluding hydrogens is 288 g/mol. The van der Waals surface area contributed by atoms with Gasteiger partial charge < -0.3 is 4.74 Å². The zero-order chi connectivity index (χ0) is 15.8. The molecule has 112 valence electrons. The zero-order valence-corrected chi connectivity index (χ0v) is 13.6. The van der Waals surface area contributed by atoms with E-state index < -0.39 is 17.2 Å². The predicted octanol–water partition coefficient (Wildman–Crippen LogP) is 2.69. The highest BCUT2D eigenvalue weighted by Crippen LogP contribution is 2.38.